The van der Waals surface area contributed by atoms with Gasteiger partial charge in [0.1, 0.15) is 5.56 Å². The summed E-state index contributed by atoms with van der Waals surface area (Å²) in [6.07, 6.45) is 0.501. The van der Waals surface area contributed by atoms with Crippen molar-refractivity contribution in [1.29, 1.82) is 0 Å². The molecule has 1 heterocycles. The number of rotatable bonds is 5. The lowest BCUT2D eigenvalue weighted by atomic mass is 10.1. The molecule has 118 valence electrons. The molecule has 2 rings (SSSR count). The third kappa shape index (κ3) is 3.16. The number of carbonyl (C=O) groups is 2. The van der Waals surface area contributed by atoms with Crippen molar-refractivity contribution in [2.45, 2.75) is 13.3 Å². The smallest absolute Gasteiger partial charge is 0.345 e. The van der Waals surface area contributed by atoms with E-state index >= 15 is 0 Å². The fourth-order valence-electron chi connectivity index (χ4n) is 2.45. The van der Waals surface area contributed by atoms with Crippen LogP contribution in [0.5, 0.6) is 0 Å². The Hall–Kier alpha value is -2.64. The van der Waals surface area contributed by atoms with Gasteiger partial charge in [-0.3, -0.25) is 14.9 Å². The van der Waals surface area contributed by atoms with Crippen LogP contribution in [-0.2, 0) is 9.53 Å². The van der Waals surface area contributed by atoms with Crippen molar-refractivity contribution < 1.29 is 24.4 Å². The van der Waals surface area contributed by atoms with Gasteiger partial charge in [0, 0.05) is 24.8 Å². The highest BCUT2D eigenvalue weighted by molar-refractivity contribution is 5.95. The van der Waals surface area contributed by atoms with Gasteiger partial charge in [0.15, 0.2) is 0 Å². The zero-order valence-electron chi connectivity index (χ0n) is 12.0. The fraction of sp³-hybridized carbons (Fsp3) is 0.429. The average molecular weight is 308 g/mol. The molecule has 0 saturated carbocycles. The first-order valence-corrected chi connectivity index (χ1v) is 6.87. The maximum Gasteiger partial charge on any atom is 0.345 e. The standard InChI is InChI=1S/C14H16N2O6/c1-2-22-14(19)11-7-10(3-4-12(11)16(20)21)15-6-5-9(8-15)13(17)18/h3-4,7,9H,2,5-6,8H2,1H3,(H,17,18). The monoisotopic (exact) mass is 308 g/mol. The minimum atomic E-state index is -0.866. The van der Waals surface area contributed by atoms with Crippen LogP contribution in [-0.4, -0.2) is 41.7 Å². The lowest BCUT2D eigenvalue weighted by Crippen LogP contribution is -2.23. The average Bonchev–Trinajstić information content (AvgIpc) is 2.96. The van der Waals surface area contributed by atoms with Gasteiger partial charge in [0.05, 0.1) is 17.4 Å². The van der Waals surface area contributed by atoms with Gasteiger partial charge in [-0.25, -0.2) is 4.79 Å². The molecule has 8 nitrogen and oxygen atoms in total. The summed E-state index contributed by atoms with van der Waals surface area (Å²) in [5, 5.41) is 20.0. The number of ether oxygens (including phenoxy) is 1. The third-order valence-electron chi connectivity index (χ3n) is 3.57. The van der Waals surface area contributed by atoms with Gasteiger partial charge in [-0.15, -0.1) is 0 Å². The second-order valence-corrected chi connectivity index (χ2v) is 4.95. The summed E-state index contributed by atoms with van der Waals surface area (Å²) < 4.78 is 4.84. The highest BCUT2D eigenvalue weighted by Crippen LogP contribution is 2.29. The van der Waals surface area contributed by atoms with E-state index in [0.29, 0.717) is 25.2 Å². The van der Waals surface area contributed by atoms with Gasteiger partial charge in [-0.1, -0.05) is 0 Å². The van der Waals surface area contributed by atoms with Crippen LogP contribution in [0.15, 0.2) is 18.2 Å². The summed E-state index contributed by atoms with van der Waals surface area (Å²) in [7, 11) is 0. The SMILES string of the molecule is CCOC(=O)c1cc(N2CCC(C(=O)O)C2)ccc1[N+](=O)[O-]. The maximum absolute atomic E-state index is 11.9. The highest BCUT2D eigenvalue weighted by Gasteiger charge is 2.30. The highest BCUT2D eigenvalue weighted by atomic mass is 16.6. The lowest BCUT2D eigenvalue weighted by molar-refractivity contribution is -0.385. The van der Waals surface area contributed by atoms with E-state index in [-0.39, 0.29) is 17.9 Å². The normalized spacial score (nSPS) is 17.3. The Kier molecular flexibility index (Phi) is 4.59. The van der Waals surface area contributed by atoms with E-state index in [1.807, 2.05) is 0 Å². The summed E-state index contributed by atoms with van der Waals surface area (Å²) in [5.41, 5.74) is 0.136. The number of carboxylic acids is 1. The summed E-state index contributed by atoms with van der Waals surface area (Å²) >= 11 is 0. The molecule has 8 heteroatoms. The van der Waals surface area contributed by atoms with Crippen molar-refractivity contribution in [3.63, 3.8) is 0 Å². The van der Waals surface area contributed by atoms with Crippen LogP contribution in [0.25, 0.3) is 0 Å². The maximum atomic E-state index is 11.9. The molecular weight excluding hydrogens is 292 g/mol. The van der Waals surface area contributed by atoms with Gasteiger partial charge < -0.3 is 14.7 Å². The van der Waals surface area contributed by atoms with E-state index in [1.54, 1.807) is 11.8 Å². The van der Waals surface area contributed by atoms with Gasteiger partial charge in [0.2, 0.25) is 0 Å². The Morgan fingerprint density at radius 3 is 2.77 bits per heavy atom. The number of hydrogen-bond acceptors (Lipinski definition) is 6. The molecule has 1 aromatic carbocycles. The van der Waals surface area contributed by atoms with Gasteiger partial charge in [0.25, 0.3) is 5.69 Å². The van der Waals surface area contributed by atoms with E-state index in [4.69, 9.17) is 9.84 Å². The molecule has 1 N–H and O–H groups in total. The van der Waals surface area contributed by atoms with E-state index in [9.17, 15) is 19.7 Å². The van der Waals surface area contributed by atoms with E-state index in [1.165, 1.54) is 18.2 Å². The van der Waals surface area contributed by atoms with Crippen LogP contribution in [0.1, 0.15) is 23.7 Å². The number of nitro benzene ring substituents is 1. The molecule has 0 radical (unpaired) electrons. The molecule has 0 aromatic heterocycles. The fourth-order valence-corrected chi connectivity index (χ4v) is 2.45. The van der Waals surface area contributed by atoms with Gasteiger partial charge in [-0.2, -0.15) is 0 Å². The first kappa shape index (κ1) is 15.7. The van der Waals surface area contributed by atoms with Crippen LogP contribution >= 0.6 is 0 Å². The summed E-state index contributed by atoms with van der Waals surface area (Å²) in [6.45, 7) is 2.57. The van der Waals surface area contributed by atoms with E-state index in [2.05, 4.69) is 0 Å². The molecule has 0 aliphatic carbocycles. The number of carbonyl (C=O) groups excluding carboxylic acids is 1. The molecule has 1 aliphatic heterocycles. The Bertz CT molecular complexity index is 615. The molecule has 0 bridgehead atoms. The number of nitro groups is 1. The van der Waals surface area contributed by atoms with Crippen molar-refractivity contribution in [3.8, 4) is 0 Å². The van der Waals surface area contributed by atoms with Crippen molar-refractivity contribution in [2.24, 2.45) is 5.92 Å². The first-order chi connectivity index (χ1) is 10.4. The number of anilines is 1. The van der Waals surface area contributed by atoms with Crippen LogP contribution in [0.2, 0.25) is 0 Å². The Balaban J connectivity index is 2.31. The third-order valence-corrected chi connectivity index (χ3v) is 3.57. The zero-order chi connectivity index (χ0) is 16.3. The second kappa shape index (κ2) is 6.42. The Morgan fingerprint density at radius 2 is 2.23 bits per heavy atom. The summed E-state index contributed by atoms with van der Waals surface area (Å²) in [4.78, 5) is 35.0. The zero-order valence-corrected chi connectivity index (χ0v) is 12.0. The topological polar surface area (TPSA) is 110 Å². The molecule has 1 unspecified atom stereocenters. The molecule has 1 fully saturated rings. The Labute approximate surface area is 126 Å². The predicted octanol–water partition coefficient (Wildman–Crippen LogP) is 1.68. The second-order valence-electron chi connectivity index (χ2n) is 4.95. The molecule has 1 aromatic rings. The number of carboxylic acid groups (broad SMARTS) is 1. The number of benzene rings is 1. The number of nitrogens with zero attached hydrogens (tertiary/aromatic N) is 2. The molecule has 0 spiro atoms. The van der Waals surface area contributed by atoms with Crippen LogP contribution in [0.4, 0.5) is 11.4 Å². The largest absolute Gasteiger partial charge is 0.481 e. The van der Waals surface area contributed by atoms with Crippen molar-refractivity contribution in [1.82, 2.24) is 0 Å². The Morgan fingerprint density at radius 1 is 1.50 bits per heavy atom. The summed E-state index contributed by atoms with van der Waals surface area (Å²) in [6, 6.07) is 4.15. The first-order valence-electron chi connectivity index (χ1n) is 6.87. The minimum Gasteiger partial charge on any atom is -0.481 e. The predicted molar refractivity (Wildman–Crippen MR) is 77.0 cm³/mol. The van der Waals surface area contributed by atoms with Gasteiger partial charge >= 0.3 is 11.9 Å². The molecule has 1 atom stereocenters. The molecule has 1 aliphatic rings. The van der Waals surface area contributed by atoms with E-state index in [0.717, 1.165) is 0 Å². The van der Waals surface area contributed by atoms with Crippen molar-refractivity contribution >= 4 is 23.3 Å². The number of hydrogen-bond donors (Lipinski definition) is 1. The van der Waals surface area contributed by atoms with E-state index < -0.39 is 22.8 Å². The van der Waals surface area contributed by atoms with Gasteiger partial charge in [-0.05, 0) is 25.5 Å². The molecule has 22 heavy (non-hydrogen) atoms. The van der Waals surface area contributed by atoms with Crippen molar-refractivity contribution in [3.05, 3.63) is 33.9 Å². The minimum absolute atomic E-state index is 0.116. The molecule has 0 amide bonds. The molecule has 1 saturated heterocycles. The summed E-state index contributed by atoms with van der Waals surface area (Å²) in [5.74, 6) is -2.10. The van der Waals surface area contributed by atoms with Crippen molar-refractivity contribution in [2.75, 3.05) is 24.6 Å². The number of aliphatic carboxylic acids is 1. The van der Waals surface area contributed by atoms with Crippen LogP contribution in [0.3, 0.4) is 0 Å². The number of esters is 1. The lowest BCUT2D eigenvalue weighted by Gasteiger charge is -2.18. The molecular formula is C14H16N2O6. The quantitative estimate of drug-likeness (QED) is 0.500. The van der Waals surface area contributed by atoms with Crippen LogP contribution in [0, 0.1) is 16.0 Å². The van der Waals surface area contributed by atoms with Crippen LogP contribution < -0.4 is 4.90 Å².